The largest absolute Gasteiger partial charge is 0.497 e. The fourth-order valence-electron chi connectivity index (χ4n) is 4.65. The van der Waals surface area contributed by atoms with Crippen LogP contribution in [-0.2, 0) is 16.9 Å². The maximum atomic E-state index is 13.2. The first-order valence-electron chi connectivity index (χ1n) is 10.9. The number of pyridine rings is 2. The van der Waals surface area contributed by atoms with E-state index in [4.69, 9.17) is 9.15 Å². The van der Waals surface area contributed by atoms with Crippen LogP contribution in [0.5, 0.6) is 5.75 Å². The average Bonchev–Trinajstić information content (AvgIpc) is 3.53. The summed E-state index contributed by atoms with van der Waals surface area (Å²) in [7, 11) is 1.53. The summed E-state index contributed by atoms with van der Waals surface area (Å²) in [6.45, 7) is 0.172. The first-order valence-corrected chi connectivity index (χ1v) is 10.9. The van der Waals surface area contributed by atoms with Crippen molar-refractivity contribution >= 4 is 28.8 Å². The maximum absolute atomic E-state index is 13.2. The number of carbonyl (C=O) groups is 3. The molecule has 1 aromatic carbocycles. The number of hydrogen-bond donors (Lipinski definition) is 2. The van der Waals surface area contributed by atoms with Gasteiger partial charge >= 0.3 is 6.03 Å². The van der Waals surface area contributed by atoms with Crippen LogP contribution < -0.4 is 15.4 Å². The molecule has 174 valence electrons. The number of rotatable bonds is 5. The summed E-state index contributed by atoms with van der Waals surface area (Å²) in [6.07, 6.45) is 4.93. The van der Waals surface area contributed by atoms with Crippen molar-refractivity contribution in [1.29, 1.82) is 0 Å². The van der Waals surface area contributed by atoms with Crippen LogP contribution in [0, 0.1) is 0 Å². The number of nitrogens with one attached hydrogen (secondary N) is 2. The summed E-state index contributed by atoms with van der Waals surface area (Å²) in [5.74, 6) is -0.0849. The lowest BCUT2D eigenvalue weighted by molar-refractivity contribution is -0.125. The molecule has 35 heavy (non-hydrogen) atoms. The third-order valence-corrected chi connectivity index (χ3v) is 6.39. The number of carbonyl (C=O) groups excluding carboxylic acids is 3. The second kappa shape index (κ2) is 7.66. The molecule has 3 aromatic heterocycles. The van der Waals surface area contributed by atoms with Gasteiger partial charge in [-0.05, 0) is 42.0 Å². The van der Waals surface area contributed by atoms with Gasteiger partial charge in [-0.1, -0.05) is 6.07 Å². The van der Waals surface area contributed by atoms with Crippen molar-refractivity contribution in [2.45, 2.75) is 12.1 Å². The lowest BCUT2D eigenvalue weighted by Crippen LogP contribution is -2.52. The van der Waals surface area contributed by atoms with E-state index in [1.807, 2.05) is 18.2 Å². The first kappa shape index (κ1) is 20.8. The molecular formula is C25H19N5O5. The highest BCUT2D eigenvalue weighted by molar-refractivity contribution is 6.08. The van der Waals surface area contributed by atoms with Crippen molar-refractivity contribution in [1.82, 2.24) is 25.5 Å². The van der Waals surface area contributed by atoms with Gasteiger partial charge in [-0.25, -0.2) is 4.79 Å². The van der Waals surface area contributed by atoms with E-state index in [0.29, 0.717) is 28.0 Å². The van der Waals surface area contributed by atoms with Gasteiger partial charge in [0.05, 0.1) is 19.3 Å². The average molecular weight is 469 g/mol. The van der Waals surface area contributed by atoms with Crippen molar-refractivity contribution in [2.75, 3.05) is 13.7 Å². The third-order valence-electron chi connectivity index (χ3n) is 6.39. The zero-order valence-corrected chi connectivity index (χ0v) is 18.6. The highest BCUT2D eigenvalue weighted by Crippen LogP contribution is 2.37. The van der Waals surface area contributed by atoms with Gasteiger partial charge in [-0.2, -0.15) is 0 Å². The van der Waals surface area contributed by atoms with E-state index in [-0.39, 0.29) is 24.8 Å². The van der Waals surface area contributed by atoms with Crippen LogP contribution in [0.2, 0.25) is 0 Å². The molecule has 10 nitrogen and oxygen atoms in total. The van der Waals surface area contributed by atoms with Crippen LogP contribution in [0.3, 0.4) is 0 Å². The van der Waals surface area contributed by atoms with E-state index in [9.17, 15) is 14.4 Å². The fourth-order valence-corrected chi connectivity index (χ4v) is 4.65. The summed E-state index contributed by atoms with van der Waals surface area (Å²) in [4.78, 5) is 48.7. The Kier molecular flexibility index (Phi) is 4.56. The van der Waals surface area contributed by atoms with Gasteiger partial charge in [0.1, 0.15) is 17.1 Å². The topological polar surface area (TPSA) is 127 Å². The van der Waals surface area contributed by atoms with Gasteiger partial charge in [-0.15, -0.1) is 0 Å². The van der Waals surface area contributed by atoms with Crippen molar-refractivity contribution in [3.8, 4) is 17.0 Å². The summed E-state index contributed by atoms with van der Waals surface area (Å²) >= 11 is 0. The Morgan fingerprint density at radius 3 is 2.66 bits per heavy atom. The molecule has 10 heteroatoms. The molecule has 2 aliphatic heterocycles. The molecule has 1 atom stereocenters. The van der Waals surface area contributed by atoms with Crippen LogP contribution >= 0.6 is 0 Å². The van der Waals surface area contributed by atoms with E-state index in [2.05, 4.69) is 20.6 Å². The van der Waals surface area contributed by atoms with Gasteiger partial charge in [0, 0.05) is 41.6 Å². The molecule has 4 aromatic rings. The minimum atomic E-state index is -1.60. The Hall–Kier alpha value is -4.73. The molecule has 0 saturated carbocycles. The highest BCUT2D eigenvalue weighted by atomic mass is 16.5. The van der Waals surface area contributed by atoms with Crippen molar-refractivity contribution in [2.24, 2.45) is 0 Å². The summed E-state index contributed by atoms with van der Waals surface area (Å²) in [5.41, 5.74) is 1.67. The number of hydrogen-bond acceptors (Lipinski definition) is 7. The quantitative estimate of drug-likeness (QED) is 0.430. The summed E-state index contributed by atoms with van der Waals surface area (Å²) in [5, 5.41) is 5.67. The van der Waals surface area contributed by atoms with Crippen LogP contribution in [-0.4, -0.2) is 46.4 Å². The van der Waals surface area contributed by atoms with Gasteiger partial charge in [0.2, 0.25) is 0 Å². The predicted molar refractivity (Wildman–Crippen MR) is 123 cm³/mol. The molecule has 0 radical (unpaired) electrons. The Labute approximate surface area is 198 Å². The Morgan fingerprint density at radius 1 is 1.09 bits per heavy atom. The minimum absolute atomic E-state index is 0.113. The standard InChI is InChI=1S/C25H19N5O5/c1-34-16-3-2-15-12-30(22(31)17(15)10-16)13-25(23(32)28-24(33)29-25)20-11-18-19(35-20)6-9-27-21(18)14-4-7-26-8-5-14/h2-11H,12-13H2,1H3,(H2,28,29,32,33). The molecule has 5 heterocycles. The molecule has 0 aliphatic carbocycles. The van der Waals surface area contributed by atoms with Gasteiger partial charge < -0.3 is 19.4 Å². The van der Waals surface area contributed by atoms with Crippen molar-refractivity contribution in [3.05, 3.63) is 77.9 Å². The van der Waals surface area contributed by atoms with Crippen molar-refractivity contribution in [3.63, 3.8) is 0 Å². The number of furan rings is 1. The predicted octanol–water partition coefficient (Wildman–Crippen LogP) is 2.59. The maximum Gasteiger partial charge on any atom is 0.322 e. The molecule has 2 aliphatic rings. The monoisotopic (exact) mass is 469 g/mol. The number of urea groups is 1. The van der Waals surface area contributed by atoms with E-state index in [0.717, 1.165) is 11.1 Å². The number of amides is 4. The normalized spacial score (nSPS) is 19.1. The lowest BCUT2D eigenvalue weighted by atomic mass is 9.95. The second-order valence-corrected chi connectivity index (χ2v) is 8.42. The van der Waals surface area contributed by atoms with E-state index < -0.39 is 17.5 Å². The fraction of sp³-hybridized carbons (Fsp3) is 0.160. The molecule has 2 N–H and O–H groups in total. The zero-order chi connectivity index (χ0) is 24.2. The Balaban J connectivity index is 1.43. The van der Waals surface area contributed by atoms with Crippen LogP contribution in [0.15, 0.2) is 65.5 Å². The molecular weight excluding hydrogens is 450 g/mol. The first-order chi connectivity index (χ1) is 17.0. The van der Waals surface area contributed by atoms with E-state index in [1.54, 1.807) is 42.9 Å². The highest BCUT2D eigenvalue weighted by Gasteiger charge is 2.53. The molecule has 1 saturated heterocycles. The van der Waals surface area contributed by atoms with Crippen LogP contribution in [0.1, 0.15) is 21.7 Å². The smallest absolute Gasteiger partial charge is 0.322 e. The SMILES string of the molecule is COc1ccc2c(c1)C(=O)N(CC1(c3cc4c(-c5ccncc5)nccc4o3)NC(=O)NC1=O)C2. The lowest BCUT2D eigenvalue weighted by Gasteiger charge is -2.29. The summed E-state index contributed by atoms with van der Waals surface area (Å²) in [6, 6.07) is 11.6. The molecule has 0 spiro atoms. The zero-order valence-electron chi connectivity index (χ0n) is 18.6. The number of benzene rings is 1. The van der Waals surface area contributed by atoms with Gasteiger partial charge in [0.25, 0.3) is 11.8 Å². The third kappa shape index (κ3) is 3.22. The number of imide groups is 1. The van der Waals surface area contributed by atoms with Gasteiger partial charge in [-0.3, -0.25) is 24.9 Å². The van der Waals surface area contributed by atoms with E-state index in [1.165, 1.54) is 12.0 Å². The molecule has 1 fully saturated rings. The number of fused-ring (bicyclic) bond motifs is 2. The number of methoxy groups -OCH3 is 1. The van der Waals surface area contributed by atoms with Crippen LogP contribution in [0.4, 0.5) is 4.79 Å². The molecule has 0 bridgehead atoms. The number of nitrogens with zero attached hydrogens (tertiary/aromatic N) is 3. The Morgan fingerprint density at radius 2 is 1.91 bits per heavy atom. The second-order valence-electron chi connectivity index (χ2n) is 8.42. The minimum Gasteiger partial charge on any atom is -0.497 e. The molecule has 1 unspecified atom stereocenters. The Bertz CT molecular complexity index is 1520. The number of ether oxygens (including phenoxy) is 1. The molecule has 4 amide bonds. The van der Waals surface area contributed by atoms with Crippen LogP contribution in [0.25, 0.3) is 22.2 Å². The number of aromatic nitrogens is 2. The molecule has 6 rings (SSSR count). The van der Waals surface area contributed by atoms with E-state index >= 15 is 0 Å². The van der Waals surface area contributed by atoms with Crippen molar-refractivity contribution < 1.29 is 23.5 Å². The summed E-state index contributed by atoms with van der Waals surface area (Å²) < 4.78 is 11.3. The van der Waals surface area contributed by atoms with Gasteiger partial charge in [0.15, 0.2) is 5.54 Å².